The van der Waals surface area contributed by atoms with Crippen molar-refractivity contribution < 1.29 is 29.0 Å². The van der Waals surface area contributed by atoms with Crippen molar-refractivity contribution in [3.8, 4) is 0 Å². The molecule has 3 heterocycles. The lowest BCUT2D eigenvalue weighted by atomic mass is 9.89. The number of Topliss-reactive ketones (excluding diaryl/α,β-unsaturated/α-hetero) is 1. The van der Waals surface area contributed by atoms with E-state index in [2.05, 4.69) is 70.6 Å². The van der Waals surface area contributed by atoms with Crippen LogP contribution in [0.25, 0.3) is 0 Å². The molecule has 0 amide bonds. The van der Waals surface area contributed by atoms with Crippen molar-refractivity contribution in [3.63, 3.8) is 0 Å². The molecular formula is C40H62N2O6. The van der Waals surface area contributed by atoms with E-state index in [1.165, 1.54) is 24.7 Å². The maximum absolute atomic E-state index is 12.7. The van der Waals surface area contributed by atoms with Gasteiger partial charge in [-0.2, -0.15) is 0 Å². The topological polar surface area (TPSA) is 106 Å². The molecule has 6 atom stereocenters. The minimum atomic E-state index is -0.872. The van der Waals surface area contributed by atoms with Gasteiger partial charge >= 0.3 is 5.97 Å². The Hall–Kier alpha value is -3.52. The highest BCUT2D eigenvalue weighted by Crippen LogP contribution is 2.22. The van der Waals surface area contributed by atoms with Crippen LogP contribution in [-0.4, -0.2) is 64.9 Å². The largest absolute Gasteiger partial charge is 0.502 e. The SMILES string of the molecule is C=C(C=O)N1CCCCC1C(=O)O.C=CCC(C=CC(C)C(C)COC=C)C(=O)CC[C@@H](C)CCCc1cccnc1.CC1CCCO1. The van der Waals surface area contributed by atoms with Crippen molar-refractivity contribution in [1.29, 1.82) is 0 Å². The fourth-order valence-corrected chi connectivity index (χ4v) is 5.63. The Morgan fingerprint density at radius 3 is 2.48 bits per heavy atom. The zero-order valence-corrected chi connectivity index (χ0v) is 30.1. The number of aliphatic carboxylic acids is 1. The average molecular weight is 667 g/mol. The number of ether oxygens (including phenoxy) is 2. The van der Waals surface area contributed by atoms with E-state index in [9.17, 15) is 14.4 Å². The number of pyridine rings is 1. The number of aldehydes is 1. The van der Waals surface area contributed by atoms with Gasteiger partial charge < -0.3 is 19.5 Å². The molecule has 1 aromatic heterocycles. The highest BCUT2D eigenvalue weighted by atomic mass is 16.5. The number of carbonyl (C=O) groups excluding carboxylic acids is 2. The Bertz CT molecular complexity index is 1110. The summed E-state index contributed by atoms with van der Waals surface area (Å²) < 4.78 is 10.4. The van der Waals surface area contributed by atoms with Gasteiger partial charge in [0.1, 0.15) is 11.8 Å². The number of carbonyl (C=O) groups is 3. The van der Waals surface area contributed by atoms with Crippen LogP contribution < -0.4 is 0 Å². The monoisotopic (exact) mass is 666 g/mol. The fraction of sp³-hybridized carbons (Fsp3) is 0.600. The second-order valence-corrected chi connectivity index (χ2v) is 13.2. The van der Waals surface area contributed by atoms with Gasteiger partial charge in [0.2, 0.25) is 0 Å². The van der Waals surface area contributed by atoms with Crippen LogP contribution in [0.15, 0.2) is 74.5 Å². The summed E-state index contributed by atoms with van der Waals surface area (Å²) >= 11 is 0. The molecule has 0 aliphatic carbocycles. The first-order chi connectivity index (χ1) is 23.0. The van der Waals surface area contributed by atoms with E-state index in [4.69, 9.17) is 14.6 Å². The van der Waals surface area contributed by atoms with Gasteiger partial charge in [-0.25, -0.2) is 4.79 Å². The van der Waals surface area contributed by atoms with Crippen LogP contribution >= 0.6 is 0 Å². The van der Waals surface area contributed by atoms with Gasteiger partial charge in [-0.1, -0.05) is 64.6 Å². The van der Waals surface area contributed by atoms with Crippen LogP contribution in [0.3, 0.4) is 0 Å². The molecule has 2 saturated heterocycles. The van der Waals surface area contributed by atoms with Crippen molar-refractivity contribution in [1.82, 2.24) is 9.88 Å². The Morgan fingerprint density at radius 2 is 1.92 bits per heavy atom. The zero-order chi connectivity index (χ0) is 35.7. The third-order valence-corrected chi connectivity index (χ3v) is 9.07. The number of likely N-dealkylation sites (tertiary alicyclic amines) is 1. The van der Waals surface area contributed by atoms with E-state index in [1.807, 2.05) is 24.5 Å². The third kappa shape index (κ3) is 18.1. The van der Waals surface area contributed by atoms with E-state index in [1.54, 1.807) is 4.90 Å². The van der Waals surface area contributed by atoms with Crippen molar-refractivity contribution in [3.05, 3.63) is 80.0 Å². The summed E-state index contributed by atoms with van der Waals surface area (Å²) in [5, 5.41) is 8.85. The van der Waals surface area contributed by atoms with E-state index < -0.39 is 12.0 Å². The molecule has 268 valence electrons. The predicted molar refractivity (Wildman–Crippen MR) is 194 cm³/mol. The van der Waals surface area contributed by atoms with E-state index in [0.29, 0.717) is 68.3 Å². The first kappa shape index (κ1) is 42.5. The lowest BCUT2D eigenvalue weighted by molar-refractivity contribution is -0.143. The molecule has 2 aliphatic rings. The maximum Gasteiger partial charge on any atom is 0.326 e. The molecule has 2 fully saturated rings. The number of rotatable bonds is 19. The van der Waals surface area contributed by atoms with Gasteiger partial charge in [-0.3, -0.25) is 14.6 Å². The number of piperidine rings is 1. The van der Waals surface area contributed by atoms with Gasteiger partial charge in [0, 0.05) is 37.9 Å². The lowest BCUT2D eigenvalue weighted by Crippen LogP contribution is -2.43. The van der Waals surface area contributed by atoms with Crippen molar-refractivity contribution in [2.24, 2.45) is 23.7 Å². The number of carboxylic acids is 1. The highest BCUT2D eigenvalue weighted by Gasteiger charge is 2.28. The van der Waals surface area contributed by atoms with Gasteiger partial charge in [0.25, 0.3) is 0 Å². The molecule has 1 N–H and O–H groups in total. The second kappa shape index (κ2) is 25.5. The van der Waals surface area contributed by atoms with E-state index in [-0.39, 0.29) is 11.6 Å². The summed E-state index contributed by atoms with van der Waals surface area (Å²) in [6.45, 7) is 21.9. The summed E-state index contributed by atoms with van der Waals surface area (Å²) in [5.41, 5.74) is 1.56. The molecule has 48 heavy (non-hydrogen) atoms. The molecule has 8 heteroatoms. The zero-order valence-electron chi connectivity index (χ0n) is 30.1. The molecule has 1 aromatic rings. The predicted octanol–water partition coefficient (Wildman–Crippen LogP) is 8.39. The summed E-state index contributed by atoms with van der Waals surface area (Å²) in [4.78, 5) is 39.7. The van der Waals surface area contributed by atoms with Gasteiger partial charge in [-0.05, 0) is 94.1 Å². The number of nitrogens with zero attached hydrogens (tertiary/aromatic N) is 2. The van der Waals surface area contributed by atoms with Crippen LogP contribution in [0.4, 0.5) is 0 Å². The lowest BCUT2D eigenvalue weighted by Gasteiger charge is -2.34. The summed E-state index contributed by atoms with van der Waals surface area (Å²) in [6.07, 6.45) is 23.0. The van der Waals surface area contributed by atoms with Crippen LogP contribution in [0.1, 0.15) is 97.5 Å². The Labute approximate surface area is 290 Å². The smallest absolute Gasteiger partial charge is 0.326 e. The quantitative estimate of drug-likeness (QED) is 0.0679. The Morgan fingerprint density at radius 1 is 1.15 bits per heavy atom. The number of carboxylic acid groups (broad SMARTS) is 1. The molecule has 2 aliphatic heterocycles. The van der Waals surface area contributed by atoms with Crippen LogP contribution in [0.2, 0.25) is 0 Å². The van der Waals surface area contributed by atoms with E-state index in [0.717, 1.165) is 45.1 Å². The molecular weight excluding hydrogens is 604 g/mol. The average Bonchev–Trinajstić information content (AvgIpc) is 3.59. The van der Waals surface area contributed by atoms with Crippen LogP contribution in [-0.2, 0) is 30.3 Å². The first-order valence-electron chi connectivity index (χ1n) is 17.7. The maximum atomic E-state index is 12.7. The molecule has 8 nitrogen and oxygen atoms in total. The fourth-order valence-electron chi connectivity index (χ4n) is 5.63. The highest BCUT2D eigenvalue weighted by molar-refractivity contribution is 5.82. The number of ketones is 1. The van der Waals surface area contributed by atoms with Crippen molar-refractivity contribution >= 4 is 18.0 Å². The Kier molecular flexibility index (Phi) is 22.6. The number of aromatic nitrogens is 1. The third-order valence-electron chi connectivity index (χ3n) is 9.07. The number of hydrogen-bond acceptors (Lipinski definition) is 7. The molecule has 0 saturated carbocycles. The molecule has 3 rings (SSSR count). The normalized spacial score (nSPS) is 19.7. The number of aryl methyl sites for hydroxylation is 1. The van der Waals surface area contributed by atoms with Gasteiger partial charge in [0.15, 0.2) is 6.29 Å². The van der Waals surface area contributed by atoms with Gasteiger partial charge in [-0.15, -0.1) is 6.58 Å². The second-order valence-electron chi connectivity index (χ2n) is 13.2. The molecule has 0 aromatic carbocycles. The van der Waals surface area contributed by atoms with E-state index >= 15 is 0 Å². The van der Waals surface area contributed by atoms with Gasteiger partial charge in [0.05, 0.1) is 24.7 Å². The number of hydrogen-bond donors (Lipinski definition) is 1. The molecule has 5 unspecified atom stereocenters. The van der Waals surface area contributed by atoms with Crippen molar-refractivity contribution in [2.75, 3.05) is 19.8 Å². The standard InChI is InChI=1S/C26H39NO2.C9H13NO3.C5H10O/c1-6-10-25(16-15-22(4)23(5)20-29-7-2)26(28)17-14-21(3)11-8-12-24-13-9-18-27-19-24;1-7(6-11)10-5-3-2-4-8(10)9(12)13;1-5-3-2-4-6-5/h6-7,9,13,15-16,18-19,21-23,25H,1-2,8,10-12,14,17,20H2,3-5H3;6,8H,1-5H2,(H,12,13);5H,2-4H2,1H3/t21-,22?,23?,25?;;/m0../s1. The molecule has 0 spiro atoms. The minimum Gasteiger partial charge on any atom is -0.502 e. The van der Waals surface area contributed by atoms with Crippen LogP contribution in [0.5, 0.6) is 0 Å². The number of allylic oxidation sites excluding steroid dienone is 4. The summed E-state index contributed by atoms with van der Waals surface area (Å²) in [5.74, 6) is 0.666. The van der Waals surface area contributed by atoms with Crippen LogP contribution in [0, 0.1) is 23.7 Å². The molecule has 0 radical (unpaired) electrons. The Balaban J connectivity index is 0.000000490. The first-order valence-corrected chi connectivity index (χ1v) is 17.7. The minimum absolute atomic E-state index is 0.0648. The molecule has 0 bridgehead atoms. The summed E-state index contributed by atoms with van der Waals surface area (Å²) in [7, 11) is 0. The van der Waals surface area contributed by atoms with Crippen molar-refractivity contribution in [2.45, 2.75) is 110 Å². The summed E-state index contributed by atoms with van der Waals surface area (Å²) in [6, 6.07) is 3.55.